The van der Waals surface area contributed by atoms with Crippen molar-refractivity contribution in [2.75, 3.05) is 32.4 Å². The Kier molecular flexibility index (Phi) is 5.38. The predicted molar refractivity (Wildman–Crippen MR) is 80.0 cm³/mol. The third-order valence-corrected chi connectivity index (χ3v) is 6.33. The smallest absolute Gasteiger partial charge is 0.214 e. The third-order valence-electron chi connectivity index (χ3n) is 3.55. The summed E-state index contributed by atoms with van der Waals surface area (Å²) >= 11 is 1.63. The zero-order chi connectivity index (χ0) is 13.7. The van der Waals surface area contributed by atoms with Crippen molar-refractivity contribution >= 4 is 21.4 Å². The van der Waals surface area contributed by atoms with Gasteiger partial charge in [-0.05, 0) is 50.2 Å². The van der Waals surface area contributed by atoms with E-state index in [0.29, 0.717) is 25.4 Å². The summed E-state index contributed by atoms with van der Waals surface area (Å²) in [6.45, 7) is 2.26. The molecule has 2 heterocycles. The fourth-order valence-electron chi connectivity index (χ4n) is 2.55. The van der Waals surface area contributed by atoms with E-state index in [4.69, 9.17) is 0 Å². The van der Waals surface area contributed by atoms with Gasteiger partial charge in [0.25, 0.3) is 0 Å². The lowest BCUT2D eigenvalue weighted by Gasteiger charge is -2.31. The Balaban J connectivity index is 1.91. The molecule has 0 radical (unpaired) electrons. The van der Waals surface area contributed by atoms with E-state index >= 15 is 0 Å². The number of aryl methyl sites for hydroxylation is 1. The molecule has 0 bridgehead atoms. The number of hydrogen-bond acceptors (Lipinski definition) is 4. The van der Waals surface area contributed by atoms with Crippen LogP contribution in [0.15, 0.2) is 17.5 Å². The molecule has 1 fully saturated rings. The summed E-state index contributed by atoms with van der Waals surface area (Å²) in [5.74, 6) is 0.690. The number of piperidine rings is 1. The summed E-state index contributed by atoms with van der Waals surface area (Å²) in [5, 5.41) is 5.14. The summed E-state index contributed by atoms with van der Waals surface area (Å²) in [4.78, 5) is 1.15. The zero-order valence-corrected chi connectivity index (χ0v) is 13.0. The fraction of sp³-hybridized carbons (Fsp3) is 0.692. The van der Waals surface area contributed by atoms with Crippen LogP contribution in [0, 0.1) is 5.92 Å². The maximum atomic E-state index is 12.3. The normalized spacial score (nSPS) is 21.6. The van der Waals surface area contributed by atoms with Crippen LogP contribution in [-0.4, -0.2) is 45.2 Å². The van der Waals surface area contributed by atoms with E-state index in [-0.39, 0.29) is 5.75 Å². The zero-order valence-electron chi connectivity index (χ0n) is 11.3. The first kappa shape index (κ1) is 15.0. The first-order valence-electron chi connectivity index (χ1n) is 6.76. The van der Waals surface area contributed by atoms with Gasteiger partial charge < -0.3 is 5.32 Å². The van der Waals surface area contributed by atoms with Gasteiger partial charge in [0.05, 0.1) is 5.75 Å². The highest BCUT2D eigenvalue weighted by molar-refractivity contribution is 7.89. The second-order valence-corrected chi connectivity index (χ2v) is 8.19. The SMILES string of the molecule is CNCC1CCCN(S(=O)(=O)CCc2cccs2)C1. The van der Waals surface area contributed by atoms with Crippen LogP contribution in [-0.2, 0) is 16.4 Å². The maximum absolute atomic E-state index is 12.3. The first-order chi connectivity index (χ1) is 9.12. The second-order valence-electron chi connectivity index (χ2n) is 5.07. The molecule has 1 N–H and O–H groups in total. The molecule has 0 saturated carbocycles. The lowest BCUT2D eigenvalue weighted by atomic mass is 10.00. The molecular weight excluding hydrogens is 280 g/mol. The van der Waals surface area contributed by atoms with Crippen LogP contribution in [0.5, 0.6) is 0 Å². The molecule has 6 heteroatoms. The van der Waals surface area contributed by atoms with Crippen LogP contribution < -0.4 is 5.32 Å². The molecule has 1 aromatic rings. The number of nitrogens with zero attached hydrogens (tertiary/aromatic N) is 1. The largest absolute Gasteiger partial charge is 0.319 e. The summed E-state index contributed by atoms with van der Waals surface area (Å²) in [6.07, 6.45) is 2.73. The van der Waals surface area contributed by atoms with Crippen LogP contribution in [0.3, 0.4) is 0 Å². The topological polar surface area (TPSA) is 49.4 Å². The molecule has 0 aliphatic carbocycles. The lowest BCUT2D eigenvalue weighted by Crippen LogP contribution is -2.43. The Bertz CT molecular complexity index is 469. The summed E-state index contributed by atoms with van der Waals surface area (Å²) < 4.78 is 26.4. The highest BCUT2D eigenvalue weighted by atomic mass is 32.2. The lowest BCUT2D eigenvalue weighted by molar-refractivity contribution is 0.263. The average molecular weight is 302 g/mol. The van der Waals surface area contributed by atoms with Crippen molar-refractivity contribution in [3.63, 3.8) is 0 Å². The van der Waals surface area contributed by atoms with Crippen molar-refractivity contribution in [2.45, 2.75) is 19.3 Å². The number of sulfonamides is 1. The van der Waals surface area contributed by atoms with E-state index in [1.165, 1.54) is 0 Å². The number of nitrogens with one attached hydrogen (secondary N) is 1. The summed E-state index contributed by atoms with van der Waals surface area (Å²) in [5.41, 5.74) is 0. The standard InChI is InChI=1S/C13H22N2O2S2/c1-14-10-12-4-2-7-15(11-12)19(16,17)9-6-13-5-3-8-18-13/h3,5,8,12,14H,2,4,6-7,9-11H2,1H3. The van der Waals surface area contributed by atoms with Gasteiger partial charge in [0.1, 0.15) is 0 Å². The van der Waals surface area contributed by atoms with Crippen LogP contribution in [0.25, 0.3) is 0 Å². The molecule has 0 spiro atoms. The minimum atomic E-state index is -3.10. The van der Waals surface area contributed by atoms with Gasteiger partial charge in [-0.15, -0.1) is 11.3 Å². The molecule has 1 aliphatic rings. The molecule has 4 nitrogen and oxygen atoms in total. The molecule has 0 aromatic carbocycles. The Labute approximate surface area is 119 Å². The van der Waals surface area contributed by atoms with Gasteiger partial charge in [0, 0.05) is 18.0 Å². The molecule has 1 atom stereocenters. The minimum Gasteiger partial charge on any atom is -0.319 e. The van der Waals surface area contributed by atoms with Gasteiger partial charge in [-0.25, -0.2) is 12.7 Å². The molecular formula is C13H22N2O2S2. The van der Waals surface area contributed by atoms with E-state index in [1.54, 1.807) is 15.6 Å². The van der Waals surface area contributed by atoms with E-state index in [2.05, 4.69) is 5.32 Å². The van der Waals surface area contributed by atoms with Crippen molar-refractivity contribution < 1.29 is 8.42 Å². The van der Waals surface area contributed by atoms with Crippen LogP contribution >= 0.6 is 11.3 Å². The molecule has 1 unspecified atom stereocenters. The number of hydrogen-bond donors (Lipinski definition) is 1. The van der Waals surface area contributed by atoms with E-state index < -0.39 is 10.0 Å². The molecule has 19 heavy (non-hydrogen) atoms. The highest BCUT2D eigenvalue weighted by Gasteiger charge is 2.28. The van der Waals surface area contributed by atoms with E-state index in [0.717, 1.165) is 24.3 Å². The van der Waals surface area contributed by atoms with Crippen molar-refractivity contribution in [1.82, 2.24) is 9.62 Å². The maximum Gasteiger partial charge on any atom is 0.214 e. The van der Waals surface area contributed by atoms with Crippen molar-refractivity contribution in [2.24, 2.45) is 5.92 Å². The van der Waals surface area contributed by atoms with Crippen molar-refractivity contribution in [3.8, 4) is 0 Å². The molecule has 1 saturated heterocycles. The Morgan fingerprint density at radius 3 is 3.05 bits per heavy atom. The summed E-state index contributed by atoms with van der Waals surface area (Å²) in [7, 11) is -1.18. The van der Waals surface area contributed by atoms with Gasteiger partial charge in [0.2, 0.25) is 10.0 Å². The Hall–Kier alpha value is -0.430. The van der Waals surface area contributed by atoms with Gasteiger partial charge in [0.15, 0.2) is 0 Å². The van der Waals surface area contributed by atoms with Crippen LogP contribution in [0.2, 0.25) is 0 Å². The van der Waals surface area contributed by atoms with E-state index in [1.807, 2.05) is 24.6 Å². The number of thiophene rings is 1. The molecule has 108 valence electrons. The van der Waals surface area contributed by atoms with Crippen LogP contribution in [0.4, 0.5) is 0 Å². The predicted octanol–water partition coefficient (Wildman–Crippen LogP) is 1.55. The summed E-state index contributed by atoms with van der Waals surface area (Å²) in [6, 6.07) is 3.97. The average Bonchev–Trinajstić information content (AvgIpc) is 2.90. The van der Waals surface area contributed by atoms with Gasteiger partial charge in [-0.2, -0.15) is 0 Å². The quantitative estimate of drug-likeness (QED) is 0.867. The first-order valence-corrected chi connectivity index (χ1v) is 9.25. The third kappa shape index (κ3) is 4.27. The Morgan fingerprint density at radius 2 is 2.37 bits per heavy atom. The van der Waals surface area contributed by atoms with Crippen molar-refractivity contribution in [3.05, 3.63) is 22.4 Å². The Morgan fingerprint density at radius 1 is 1.53 bits per heavy atom. The minimum absolute atomic E-state index is 0.236. The highest BCUT2D eigenvalue weighted by Crippen LogP contribution is 2.20. The monoisotopic (exact) mass is 302 g/mol. The molecule has 2 rings (SSSR count). The molecule has 1 aliphatic heterocycles. The molecule has 0 amide bonds. The van der Waals surface area contributed by atoms with Gasteiger partial charge >= 0.3 is 0 Å². The fourth-order valence-corrected chi connectivity index (χ4v) is 4.97. The van der Waals surface area contributed by atoms with Gasteiger partial charge in [-0.1, -0.05) is 6.07 Å². The second kappa shape index (κ2) is 6.83. The molecule has 1 aromatic heterocycles. The number of rotatable bonds is 6. The van der Waals surface area contributed by atoms with Crippen molar-refractivity contribution in [1.29, 1.82) is 0 Å². The van der Waals surface area contributed by atoms with E-state index in [9.17, 15) is 8.42 Å². The van der Waals surface area contributed by atoms with Crippen LogP contribution in [0.1, 0.15) is 17.7 Å². The van der Waals surface area contributed by atoms with Gasteiger partial charge in [-0.3, -0.25) is 0 Å².